The smallest absolute Gasteiger partial charge is 0.316 e. The predicted molar refractivity (Wildman–Crippen MR) is 40.8 cm³/mol. The van der Waals surface area contributed by atoms with Crippen molar-refractivity contribution in [1.29, 1.82) is 0 Å². The zero-order chi connectivity index (χ0) is 8.27. The number of nitrogens with one attached hydrogen (secondary N) is 1. The topological polar surface area (TPSA) is 59.0 Å². The molecular weight excluding hydrogens is 178 g/mol. The fourth-order valence-corrected chi connectivity index (χ4v) is 0.804. The van der Waals surface area contributed by atoms with Crippen molar-refractivity contribution < 1.29 is 21.8 Å². The van der Waals surface area contributed by atoms with Crippen molar-refractivity contribution >= 4 is 11.7 Å². The molecule has 0 bridgehead atoms. The van der Waals surface area contributed by atoms with Crippen molar-refractivity contribution in [1.82, 2.24) is 0 Å². The summed E-state index contributed by atoms with van der Waals surface area (Å²) in [7, 11) is 1.87. The standard InChI is InChI=1S/C7H9N3O.ClH/c1-10-4-2-3-6(5-10)9-7(8)11;/h2-5H,1H3,(H2-,8,9,11);1H. The van der Waals surface area contributed by atoms with Crippen LogP contribution in [0.2, 0.25) is 0 Å². The first-order valence-corrected chi connectivity index (χ1v) is 3.20. The lowest BCUT2D eigenvalue weighted by molar-refractivity contribution is -0.670. The molecule has 0 saturated carbocycles. The van der Waals surface area contributed by atoms with Gasteiger partial charge >= 0.3 is 6.03 Å². The molecule has 1 heterocycles. The number of nitrogens with two attached hydrogens (primary N) is 1. The maximum absolute atomic E-state index is 10.4. The lowest BCUT2D eigenvalue weighted by Crippen LogP contribution is -3.00. The Morgan fingerprint density at radius 2 is 2.33 bits per heavy atom. The number of halogens is 1. The van der Waals surface area contributed by atoms with E-state index in [-0.39, 0.29) is 12.4 Å². The van der Waals surface area contributed by atoms with Gasteiger partial charge in [-0.1, -0.05) is 0 Å². The molecule has 1 aromatic rings. The third kappa shape index (κ3) is 3.21. The van der Waals surface area contributed by atoms with Crippen molar-refractivity contribution in [2.24, 2.45) is 12.8 Å². The maximum atomic E-state index is 10.4. The number of aromatic nitrogens is 1. The van der Waals surface area contributed by atoms with Gasteiger partial charge in [-0.3, -0.25) is 0 Å². The van der Waals surface area contributed by atoms with Crippen molar-refractivity contribution in [2.45, 2.75) is 0 Å². The van der Waals surface area contributed by atoms with Crippen LogP contribution in [0, 0.1) is 0 Å². The third-order valence-corrected chi connectivity index (χ3v) is 1.21. The van der Waals surface area contributed by atoms with Gasteiger partial charge in [0, 0.05) is 6.07 Å². The van der Waals surface area contributed by atoms with E-state index in [4.69, 9.17) is 5.73 Å². The van der Waals surface area contributed by atoms with Crippen molar-refractivity contribution in [3.63, 3.8) is 0 Å². The van der Waals surface area contributed by atoms with Crippen LogP contribution < -0.4 is 28.0 Å². The highest BCUT2D eigenvalue weighted by Crippen LogP contribution is 1.99. The molecule has 66 valence electrons. The number of hydrogen-bond acceptors (Lipinski definition) is 1. The fourth-order valence-electron chi connectivity index (χ4n) is 0.804. The molecule has 0 radical (unpaired) electrons. The van der Waals surface area contributed by atoms with Crippen molar-refractivity contribution in [2.75, 3.05) is 5.32 Å². The Bertz CT molecular complexity index is 277. The first-order valence-electron chi connectivity index (χ1n) is 3.20. The number of carbonyl (C=O) groups is 1. The molecule has 12 heavy (non-hydrogen) atoms. The Kier molecular flexibility index (Phi) is 4.07. The number of primary amides is 1. The summed E-state index contributed by atoms with van der Waals surface area (Å²) in [5.74, 6) is 0. The van der Waals surface area contributed by atoms with Gasteiger partial charge < -0.3 is 23.5 Å². The SMILES string of the molecule is C[n+]1cccc(NC(N)=O)c1.[Cl-]. The van der Waals surface area contributed by atoms with Crippen molar-refractivity contribution in [3.05, 3.63) is 24.5 Å². The average Bonchev–Trinajstić information content (AvgIpc) is 1.85. The number of anilines is 1. The van der Waals surface area contributed by atoms with E-state index >= 15 is 0 Å². The van der Waals surface area contributed by atoms with E-state index in [0.29, 0.717) is 5.69 Å². The Morgan fingerprint density at radius 3 is 2.83 bits per heavy atom. The molecule has 0 aliphatic rings. The molecule has 0 saturated heterocycles. The van der Waals surface area contributed by atoms with Crippen LogP contribution in [0.1, 0.15) is 0 Å². The molecule has 0 aliphatic carbocycles. The fraction of sp³-hybridized carbons (Fsp3) is 0.143. The summed E-state index contributed by atoms with van der Waals surface area (Å²) in [6.07, 6.45) is 3.64. The molecule has 5 heteroatoms. The largest absolute Gasteiger partial charge is 1.00 e. The van der Waals surface area contributed by atoms with Crippen LogP contribution in [0.15, 0.2) is 24.5 Å². The lowest BCUT2D eigenvalue weighted by atomic mass is 10.4. The molecule has 2 amide bonds. The van der Waals surface area contributed by atoms with Gasteiger partial charge in [0.2, 0.25) is 0 Å². The van der Waals surface area contributed by atoms with E-state index in [1.165, 1.54) is 0 Å². The van der Waals surface area contributed by atoms with Crippen molar-refractivity contribution in [3.8, 4) is 0 Å². The molecule has 0 spiro atoms. The van der Waals surface area contributed by atoms with Gasteiger partial charge in [0.05, 0.1) is 0 Å². The Hall–Kier alpha value is -1.29. The van der Waals surface area contributed by atoms with Crippen LogP contribution in [0.4, 0.5) is 10.5 Å². The Balaban J connectivity index is 0.00000121. The minimum atomic E-state index is -0.545. The molecule has 0 atom stereocenters. The first-order chi connectivity index (χ1) is 5.18. The number of urea groups is 1. The van der Waals surface area contributed by atoms with E-state index in [9.17, 15) is 4.79 Å². The van der Waals surface area contributed by atoms with Gasteiger partial charge in [0.1, 0.15) is 12.7 Å². The molecule has 4 nitrogen and oxygen atoms in total. The zero-order valence-corrected chi connectivity index (χ0v) is 7.38. The van der Waals surface area contributed by atoms with Gasteiger partial charge in [-0.15, -0.1) is 0 Å². The first kappa shape index (κ1) is 10.7. The summed E-state index contributed by atoms with van der Waals surface area (Å²) in [5, 5.41) is 2.46. The number of rotatable bonds is 1. The van der Waals surface area contributed by atoms with E-state index < -0.39 is 6.03 Å². The second kappa shape index (κ2) is 4.56. The summed E-state index contributed by atoms with van der Waals surface area (Å²) >= 11 is 0. The normalized spacial score (nSPS) is 8.42. The van der Waals surface area contributed by atoms with Crippen LogP contribution in [0.3, 0.4) is 0 Å². The molecule has 1 aromatic heterocycles. The molecule has 1 rings (SSSR count). The van der Waals surface area contributed by atoms with Crippen LogP contribution in [0.5, 0.6) is 0 Å². The van der Waals surface area contributed by atoms with Gasteiger partial charge in [-0.05, 0) is 6.07 Å². The van der Waals surface area contributed by atoms with Crippen LogP contribution in [-0.2, 0) is 7.05 Å². The predicted octanol–water partition coefficient (Wildman–Crippen LogP) is -2.99. The lowest BCUT2D eigenvalue weighted by Gasteiger charge is -1.96. The second-order valence-corrected chi connectivity index (χ2v) is 2.25. The number of hydrogen-bond donors (Lipinski definition) is 2. The average molecular weight is 188 g/mol. The third-order valence-electron chi connectivity index (χ3n) is 1.21. The summed E-state index contributed by atoms with van der Waals surface area (Å²) in [5.41, 5.74) is 5.61. The van der Waals surface area contributed by atoms with Crippen LogP contribution in [-0.4, -0.2) is 6.03 Å². The van der Waals surface area contributed by atoms with E-state index in [0.717, 1.165) is 0 Å². The summed E-state index contributed by atoms with van der Waals surface area (Å²) in [6, 6.07) is 3.05. The molecule has 0 aliphatic heterocycles. The number of amides is 2. The summed E-state index contributed by atoms with van der Waals surface area (Å²) < 4.78 is 1.82. The molecule has 0 unspecified atom stereocenters. The Morgan fingerprint density at radius 1 is 1.67 bits per heavy atom. The summed E-state index contributed by atoms with van der Waals surface area (Å²) in [6.45, 7) is 0. The maximum Gasteiger partial charge on any atom is 0.316 e. The monoisotopic (exact) mass is 187 g/mol. The summed E-state index contributed by atoms with van der Waals surface area (Å²) in [4.78, 5) is 10.4. The second-order valence-electron chi connectivity index (χ2n) is 2.25. The number of nitrogens with zero attached hydrogens (tertiary/aromatic N) is 1. The van der Waals surface area contributed by atoms with Gasteiger partial charge in [0.25, 0.3) is 0 Å². The minimum Gasteiger partial charge on any atom is -1.00 e. The minimum absolute atomic E-state index is 0. The van der Waals surface area contributed by atoms with E-state index in [2.05, 4.69) is 5.32 Å². The highest BCUT2D eigenvalue weighted by molar-refractivity contribution is 5.87. The molecule has 0 fully saturated rings. The molecular formula is C7H10ClN3O. The van der Waals surface area contributed by atoms with Gasteiger partial charge in [0.15, 0.2) is 12.4 Å². The number of aryl methyl sites for hydroxylation is 1. The Labute approximate surface area is 76.8 Å². The van der Waals surface area contributed by atoms with Gasteiger partial charge in [-0.2, -0.15) is 0 Å². The number of carbonyl (C=O) groups excluding carboxylic acids is 1. The van der Waals surface area contributed by atoms with Crippen LogP contribution in [0.25, 0.3) is 0 Å². The number of pyridine rings is 1. The quantitative estimate of drug-likeness (QED) is 0.453. The van der Waals surface area contributed by atoms with Gasteiger partial charge in [-0.25, -0.2) is 9.36 Å². The van der Waals surface area contributed by atoms with E-state index in [1.54, 1.807) is 12.3 Å². The zero-order valence-electron chi connectivity index (χ0n) is 6.62. The highest BCUT2D eigenvalue weighted by Gasteiger charge is 1.98. The highest BCUT2D eigenvalue weighted by atomic mass is 35.5. The van der Waals surface area contributed by atoms with E-state index in [1.807, 2.05) is 23.9 Å². The van der Waals surface area contributed by atoms with Crippen LogP contribution >= 0.6 is 0 Å². The molecule has 0 aromatic carbocycles. The molecule has 3 N–H and O–H groups in total.